The number of sulfonamides is 1. The monoisotopic (exact) mass is 445 g/mol. The van der Waals surface area contributed by atoms with E-state index in [0.717, 1.165) is 5.56 Å². The molecule has 9 nitrogen and oxygen atoms in total. The first-order chi connectivity index (χ1) is 14.8. The van der Waals surface area contributed by atoms with Crippen LogP contribution in [-0.2, 0) is 26.1 Å². The van der Waals surface area contributed by atoms with Gasteiger partial charge < -0.3 is 10.1 Å². The third-order valence-corrected chi connectivity index (χ3v) is 6.52. The van der Waals surface area contributed by atoms with Crippen LogP contribution in [0.15, 0.2) is 54.6 Å². The van der Waals surface area contributed by atoms with E-state index in [2.05, 4.69) is 10.6 Å². The maximum Gasteiger partial charge on any atom is 0.338 e. The largest absolute Gasteiger partial charge is 0.449 e. The summed E-state index contributed by atoms with van der Waals surface area (Å²) in [5, 5.41) is 4.66. The van der Waals surface area contributed by atoms with Crippen LogP contribution < -0.4 is 14.9 Å². The normalized spacial score (nSPS) is 15.7. The fourth-order valence-corrected chi connectivity index (χ4v) is 4.59. The molecule has 0 spiro atoms. The Kier molecular flexibility index (Phi) is 6.91. The highest BCUT2D eigenvalue weighted by atomic mass is 32.2. The molecule has 0 aromatic heterocycles. The van der Waals surface area contributed by atoms with E-state index < -0.39 is 34.0 Å². The van der Waals surface area contributed by atoms with Crippen molar-refractivity contribution in [1.29, 1.82) is 0 Å². The van der Waals surface area contributed by atoms with Crippen molar-refractivity contribution in [2.45, 2.75) is 26.0 Å². The maximum absolute atomic E-state index is 12.4. The first-order valence-electron chi connectivity index (χ1n) is 9.70. The van der Waals surface area contributed by atoms with Crippen molar-refractivity contribution in [1.82, 2.24) is 10.6 Å². The third kappa shape index (κ3) is 5.82. The van der Waals surface area contributed by atoms with Crippen LogP contribution in [0.1, 0.15) is 29.3 Å². The van der Waals surface area contributed by atoms with Gasteiger partial charge in [0.05, 0.1) is 17.0 Å². The summed E-state index contributed by atoms with van der Waals surface area (Å²) in [5.41, 5.74) is 1.33. The van der Waals surface area contributed by atoms with Crippen LogP contribution in [0.2, 0.25) is 0 Å². The fourth-order valence-electron chi connectivity index (χ4n) is 3.04. The highest BCUT2D eigenvalue weighted by molar-refractivity contribution is 7.93. The minimum absolute atomic E-state index is 0.0607. The second-order valence-electron chi connectivity index (χ2n) is 7.00. The van der Waals surface area contributed by atoms with Crippen molar-refractivity contribution < 1.29 is 27.5 Å². The molecular weight excluding hydrogens is 422 g/mol. The molecule has 1 aliphatic heterocycles. The zero-order valence-corrected chi connectivity index (χ0v) is 17.7. The Hall–Kier alpha value is -3.40. The van der Waals surface area contributed by atoms with Gasteiger partial charge in [0.15, 0.2) is 6.10 Å². The van der Waals surface area contributed by atoms with Gasteiger partial charge in [0.2, 0.25) is 10.0 Å². The van der Waals surface area contributed by atoms with Crippen LogP contribution in [0.3, 0.4) is 0 Å². The molecule has 164 valence electrons. The molecule has 1 saturated heterocycles. The Balaban J connectivity index is 1.54. The molecular formula is C21H23N3O6S. The number of nitrogens with one attached hydrogen (secondary N) is 2. The first-order valence-corrected chi connectivity index (χ1v) is 11.3. The predicted octanol–water partition coefficient (Wildman–Crippen LogP) is 1.80. The van der Waals surface area contributed by atoms with E-state index in [4.69, 9.17) is 4.74 Å². The smallest absolute Gasteiger partial charge is 0.338 e. The minimum atomic E-state index is -3.39. The van der Waals surface area contributed by atoms with E-state index in [1.807, 2.05) is 30.3 Å². The van der Waals surface area contributed by atoms with Crippen LogP contribution in [0.5, 0.6) is 0 Å². The van der Waals surface area contributed by atoms with Crippen LogP contribution in [0, 0.1) is 0 Å². The number of carbonyl (C=O) groups is 3. The Bertz CT molecular complexity index is 1070. The molecule has 2 N–H and O–H groups in total. The number of esters is 1. The van der Waals surface area contributed by atoms with Gasteiger partial charge in [-0.15, -0.1) is 0 Å². The minimum Gasteiger partial charge on any atom is -0.449 e. The van der Waals surface area contributed by atoms with Gasteiger partial charge >= 0.3 is 12.0 Å². The van der Waals surface area contributed by atoms with Crippen molar-refractivity contribution in [3.8, 4) is 0 Å². The van der Waals surface area contributed by atoms with E-state index >= 15 is 0 Å². The second kappa shape index (κ2) is 9.61. The van der Waals surface area contributed by atoms with Gasteiger partial charge in [0.25, 0.3) is 5.91 Å². The van der Waals surface area contributed by atoms with Crippen molar-refractivity contribution in [2.75, 3.05) is 16.6 Å². The molecule has 1 unspecified atom stereocenters. The van der Waals surface area contributed by atoms with Gasteiger partial charge in [-0.3, -0.25) is 14.4 Å². The van der Waals surface area contributed by atoms with Crippen LogP contribution in [0.4, 0.5) is 10.5 Å². The summed E-state index contributed by atoms with van der Waals surface area (Å²) in [6, 6.07) is 14.5. The number of ether oxygens (including phenoxy) is 1. The maximum atomic E-state index is 12.4. The first kappa shape index (κ1) is 22.3. The van der Waals surface area contributed by atoms with Gasteiger partial charge in [-0.05, 0) is 37.1 Å². The van der Waals surface area contributed by atoms with Gasteiger partial charge in [-0.2, -0.15) is 0 Å². The molecule has 2 aromatic rings. The summed E-state index contributed by atoms with van der Waals surface area (Å²) in [5.74, 6) is -1.52. The average Bonchev–Trinajstić information content (AvgIpc) is 3.12. The predicted molar refractivity (Wildman–Crippen MR) is 114 cm³/mol. The summed E-state index contributed by atoms with van der Waals surface area (Å²) >= 11 is 0. The number of hydrogen-bond donors (Lipinski definition) is 2. The molecule has 1 aliphatic rings. The van der Waals surface area contributed by atoms with Gasteiger partial charge in [-0.1, -0.05) is 36.4 Å². The lowest BCUT2D eigenvalue weighted by molar-refractivity contribution is -0.127. The Morgan fingerprint density at radius 2 is 1.84 bits per heavy atom. The molecule has 1 fully saturated rings. The third-order valence-electron chi connectivity index (χ3n) is 4.65. The van der Waals surface area contributed by atoms with E-state index in [0.29, 0.717) is 18.7 Å². The highest BCUT2D eigenvalue weighted by Gasteiger charge is 2.29. The van der Waals surface area contributed by atoms with E-state index in [1.54, 1.807) is 12.1 Å². The lowest BCUT2D eigenvalue weighted by Crippen LogP contribution is -2.44. The van der Waals surface area contributed by atoms with E-state index in [9.17, 15) is 22.8 Å². The number of anilines is 1. The van der Waals surface area contributed by atoms with Gasteiger partial charge in [0, 0.05) is 13.1 Å². The van der Waals surface area contributed by atoms with Gasteiger partial charge in [0.1, 0.15) is 0 Å². The molecule has 1 heterocycles. The number of urea groups is 1. The lowest BCUT2D eigenvalue weighted by Gasteiger charge is -2.18. The van der Waals surface area contributed by atoms with Gasteiger partial charge in [-0.25, -0.2) is 18.0 Å². The number of amides is 3. The van der Waals surface area contributed by atoms with Crippen molar-refractivity contribution >= 4 is 33.6 Å². The number of nitrogens with zero attached hydrogens (tertiary/aromatic N) is 1. The topological polar surface area (TPSA) is 122 Å². The Morgan fingerprint density at radius 1 is 1.10 bits per heavy atom. The molecule has 0 saturated carbocycles. The Morgan fingerprint density at radius 3 is 2.52 bits per heavy atom. The number of rotatable bonds is 6. The van der Waals surface area contributed by atoms with Crippen molar-refractivity contribution in [3.63, 3.8) is 0 Å². The fraction of sp³-hybridized carbons (Fsp3) is 0.286. The second-order valence-corrected chi connectivity index (χ2v) is 9.01. The number of carbonyl (C=O) groups excluding carboxylic acids is 3. The molecule has 2 aromatic carbocycles. The molecule has 10 heteroatoms. The summed E-state index contributed by atoms with van der Waals surface area (Å²) in [4.78, 5) is 36.5. The number of benzene rings is 2. The standard InChI is InChI=1S/C21H23N3O6S/c1-15(19(25)23-21(27)22-14-16-7-3-2-4-8-16)30-20(26)17-9-5-10-18(13-17)24-11-6-12-31(24,28)29/h2-5,7-10,13,15H,6,11-12,14H2,1H3,(H2,22,23,25,27). The molecule has 0 bridgehead atoms. The van der Waals surface area contributed by atoms with Crippen LogP contribution in [0.25, 0.3) is 0 Å². The van der Waals surface area contributed by atoms with E-state index in [1.165, 1.54) is 23.4 Å². The zero-order chi connectivity index (χ0) is 22.4. The molecule has 3 amide bonds. The summed E-state index contributed by atoms with van der Waals surface area (Å²) in [6.07, 6.45) is -0.713. The zero-order valence-electron chi connectivity index (χ0n) is 16.9. The number of imide groups is 1. The molecule has 0 radical (unpaired) electrons. The number of hydrogen-bond acceptors (Lipinski definition) is 6. The Labute approximate surface area is 180 Å². The van der Waals surface area contributed by atoms with Crippen LogP contribution in [-0.4, -0.2) is 44.7 Å². The SMILES string of the molecule is CC(OC(=O)c1cccc(N2CCCS2(=O)=O)c1)C(=O)NC(=O)NCc1ccccc1. The average molecular weight is 445 g/mol. The molecule has 31 heavy (non-hydrogen) atoms. The molecule has 3 rings (SSSR count). The molecule has 1 atom stereocenters. The van der Waals surface area contributed by atoms with Crippen LogP contribution >= 0.6 is 0 Å². The van der Waals surface area contributed by atoms with Crippen molar-refractivity contribution in [3.05, 3.63) is 65.7 Å². The summed E-state index contributed by atoms with van der Waals surface area (Å²) in [7, 11) is -3.39. The molecule has 0 aliphatic carbocycles. The van der Waals surface area contributed by atoms with Crippen molar-refractivity contribution in [2.24, 2.45) is 0 Å². The quantitative estimate of drug-likeness (QED) is 0.654. The summed E-state index contributed by atoms with van der Waals surface area (Å²) < 4.78 is 30.5. The summed E-state index contributed by atoms with van der Waals surface area (Å²) in [6.45, 7) is 1.92. The highest BCUT2D eigenvalue weighted by Crippen LogP contribution is 2.25. The van der Waals surface area contributed by atoms with E-state index in [-0.39, 0.29) is 17.9 Å². The lowest BCUT2D eigenvalue weighted by atomic mass is 10.2.